The van der Waals surface area contributed by atoms with Gasteiger partial charge < -0.3 is 16.0 Å². The van der Waals surface area contributed by atoms with E-state index in [4.69, 9.17) is 5.73 Å². The van der Waals surface area contributed by atoms with E-state index in [-0.39, 0.29) is 6.03 Å². The third-order valence-electron chi connectivity index (χ3n) is 4.66. The van der Waals surface area contributed by atoms with E-state index in [1.54, 1.807) is 0 Å². The summed E-state index contributed by atoms with van der Waals surface area (Å²) < 4.78 is 0. The number of piperidine rings is 1. The van der Waals surface area contributed by atoms with Gasteiger partial charge in [0.05, 0.1) is 0 Å². The van der Waals surface area contributed by atoms with E-state index >= 15 is 0 Å². The molecule has 0 aromatic carbocycles. The summed E-state index contributed by atoms with van der Waals surface area (Å²) in [6, 6.07) is 0.162. The molecule has 2 atom stereocenters. The van der Waals surface area contributed by atoms with Crippen molar-refractivity contribution in [3.63, 3.8) is 0 Å². The molecule has 2 amide bonds. The molecule has 2 fully saturated rings. The number of nitrogens with zero attached hydrogens (tertiary/aromatic N) is 1. The largest absolute Gasteiger partial charge is 0.351 e. The van der Waals surface area contributed by atoms with Crippen molar-refractivity contribution < 1.29 is 4.79 Å². The average Bonchev–Trinajstić information content (AvgIpc) is 2.26. The molecule has 3 N–H and O–H groups in total. The van der Waals surface area contributed by atoms with Gasteiger partial charge in [0.25, 0.3) is 0 Å². The number of urea groups is 1. The minimum absolute atomic E-state index is 0.268. The molecule has 1 aliphatic heterocycles. The lowest BCUT2D eigenvalue weighted by molar-refractivity contribution is 0.128. The van der Waals surface area contributed by atoms with Gasteiger partial charge in [-0.05, 0) is 43.6 Å². The number of primary amides is 1. The van der Waals surface area contributed by atoms with Gasteiger partial charge >= 0.3 is 6.03 Å². The third-order valence-corrected chi connectivity index (χ3v) is 4.66. The first-order valence-electron chi connectivity index (χ1n) is 7.34. The van der Waals surface area contributed by atoms with Gasteiger partial charge in [0.15, 0.2) is 0 Å². The summed E-state index contributed by atoms with van der Waals surface area (Å²) in [7, 11) is 0. The average molecular weight is 253 g/mol. The van der Waals surface area contributed by atoms with E-state index in [0.29, 0.717) is 17.9 Å². The molecule has 0 aromatic rings. The maximum atomic E-state index is 11.4. The van der Waals surface area contributed by atoms with Crippen LogP contribution < -0.4 is 11.1 Å². The highest BCUT2D eigenvalue weighted by molar-refractivity contribution is 5.72. The van der Waals surface area contributed by atoms with Crippen molar-refractivity contribution in [3.8, 4) is 0 Å². The zero-order chi connectivity index (χ0) is 13.1. The molecule has 4 nitrogen and oxygen atoms in total. The predicted molar refractivity (Wildman–Crippen MR) is 73.2 cm³/mol. The van der Waals surface area contributed by atoms with Crippen LogP contribution in [0, 0.1) is 17.8 Å². The molecule has 1 heterocycles. The van der Waals surface area contributed by atoms with Crippen molar-refractivity contribution in [2.24, 2.45) is 23.5 Å². The topological polar surface area (TPSA) is 58.4 Å². The number of hydrogen-bond donors (Lipinski definition) is 2. The SMILES string of the molecule is CC(C)C1CC(NCC2CCC2)CN(C(N)=O)C1. The molecular formula is C14H27N3O. The summed E-state index contributed by atoms with van der Waals surface area (Å²) in [6.07, 6.45) is 5.30. The van der Waals surface area contributed by atoms with Crippen molar-refractivity contribution in [3.05, 3.63) is 0 Å². The predicted octanol–water partition coefficient (Wildman–Crippen LogP) is 1.80. The fraction of sp³-hybridized carbons (Fsp3) is 0.929. The van der Waals surface area contributed by atoms with Crippen molar-refractivity contribution >= 4 is 6.03 Å². The van der Waals surface area contributed by atoms with E-state index in [2.05, 4.69) is 19.2 Å². The molecule has 0 aromatic heterocycles. The number of hydrogen-bond acceptors (Lipinski definition) is 2. The Balaban J connectivity index is 1.85. The molecule has 0 spiro atoms. The standard InChI is InChI=1S/C14H27N3O/c1-10(2)12-6-13(9-17(8-12)14(15)18)16-7-11-4-3-5-11/h10-13,16H,3-9H2,1-2H3,(H2,15,18). The second-order valence-electron chi connectivity index (χ2n) is 6.39. The van der Waals surface area contributed by atoms with Gasteiger partial charge in [0.2, 0.25) is 0 Å². The maximum absolute atomic E-state index is 11.4. The van der Waals surface area contributed by atoms with E-state index in [1.807, 2.05) is 4.90 Å². The molecule has 2 rings (SSSR count). The van der Waals surface area contributed by atoms with Crippen molar-refractivity contribution in [2.45, 2.75) is 45.6 Å². The maximum Gasteiger partial charge on any atom is 0.314 e. The van der Waals surface area contributed by atoms with Crippen LogP contribution in [0.25, 0.3) is 0 Å². The summed E-state index contributed by atoms with van der Waals surface area (Å²) in [6.45, 7) is 7.19. The number of amides is 2. The van der Waals surface area contributed by atoms with Crippen LogP contribution in [0.15, 0.2) is 0 Å². The summed E-state index contributed by atoms with van der Waals surface area (Å²) in [5, 5.41) is 3.64. The Kier molecular flexibility index (Phi) is 4.49. The third kappa shape index (κ3) is 3.37. The van der Waals surface area contributed by atoms with Gasteiger partial charge in [0.1, 0.15) is 0 Å². The van der Waals surface area contributed by atoms with Crippen LogP contribution in [-0.2, 0) is 0 Å². The minimum atomic E-state index is -0.268. The van der Waals surface area contributed by atoms with E-state index < -0.39 is 0 Å². The van der Waals surface area contributed by atoms with Crippen molar-refractivity contribution in [1.29, 1.82) is 0 Å². The van der Waals surface area contributed by atoms with Gasteiger partial charge in [-0.2, -0.15) is 0 Å². The molecule has 2 aliphatic rings. The lowest BCUT2D eigenvalue weighted by atomic mass is 9.83. The first kappa shape index (κ1) is 13.7. The van der Waals surface area contributed by atoms with E-state index in [1.165, 1.54) is 25.7 Å². The Labute approximate surface area is 110 Å². The summed E-state index contributed by atoms with van der Waals surface area (Å²) in [5.41, 5.74) is 5.44. The normalized spacial score (nSPS) is 29.4. The van der Waals surface area contributed by atoms with Crippen LogP contribution in [0.1, 0.15) is 39.5 Å². The Morgan fingerprint density at radius 3 is 2.61 bits per heavy atom. The van der Waals surface area contributed by atoms with Gasteiger partial charge in [-0.15, -0.1) is 0 Å². The molecule has 0 radical (unpaired) electrons. The number of nitrogens with one attached hydrogen (secondary N) is 1. The first-order chi connectivity index (χ1) is 8.56. The molecular weight excluding hydrogens is 226 g/mol. The summed E-state index contributed by atoms with van der Waals surface area (Å²) in [4.78, 5) is 13.2. The minimum Gasteiger partial charge on any atom is -0.351 e. The van der Waals surface area contributed by atoms with Gasteiger partial charge in [-0.1, -0.05) is 20.3 Å². The molecule has 1 saturated heterocycles. The lowest BCUT2D eigenvalue weighted by Crippen LogP contribution is -2.54. The summed E-state index contributed by atoms with van der Waals surface area (Å²) >= 11 is 0. The molecule has 104 valence electrons. The number of nitrogens with two attached hydrogens (primary N) is 1. The van der Waals surface area contributed by atoms with Crippen LogP contribution >= 0.6 is 0 Å². The number of rotatable bonds is 4. The van der Waals surface area contributed by atoms with E-state index in [9.17, 15) is 4.79 Å². The fourth-order valence-corrected chi connectivity index (χ4v) is 2.98. The zero-order valence-corrected chi connectivity index (χ0v) is 11.7. The highest BCUT2D eigenvalue weighted by atomic mass is 16.2. The Morgan fingerprint density at radius 2 is 2.11 bits per heavy atom. The van der Waals surface area contributed by atoms with Gasteiger partial charge in [-0.25, -0.2) is 4.79 Å². The van der Waals surface area contributed by atoms with E-state index in [0.717, 1.165) is 25.6 Å². The molecule has 4 heteroatoms. The number of carbonyl (C=O) groups is 1. The zero-order valence-electron chi connectivity index (χ0n) is 11.7. The Morgan fingerprint density at radius 1 is 1.39 bits per heavy atom. The Hall–Kier alpha value is -0.770. The van der Waals surface area contributed by atoms with Gasteiger partial charge in [0, 0.05) is 19.1 Å². The molecule has 18 heavy (non-hydrogen) atoms. The lowest BCUT2D eigenvalue weighted by Gasteiger charge is -2.40. The highest BCUT2D eigenvalue weighted by Crippen LogP contribution is 2.27. The van der Waals surface area contributed by atoms with Gasteiger partial charge in [-0.3, -0.25) is 0 Å². The number of carbonyl (C=O) groups excluding carboxylic acids is 1. The van der Waals surface area contributed by atoms with Crippen molar-refractivity contribution in [2.75, 3.05) is 19.6 Å². The second kappa shape index (κ2) is 5.91. The monoisotopic (exact) mass is 253 g/mol. The molecule has 1 saturated carbocycles. The summed E-state index contributed by atoms with van der Waals surface area (Å²) in [5.74, 6) is 2.05. The van der Waals surface area contributed by atoms with Crippen molar-refractivity contribution in [1.82, 2.24) is 10.2 Å². The second-order valence-corrected chi connectivity index (χ2v) is 6.39. The van der Waals surface area contributed by atoms with Crippen LogP contribution in [0.5, 0.6) is 0 Å². The molecule has 2 unspecified atom stereocenters. The first-order valence-corrected chi connectivity index (χ1v) is 7.34. The van der Waals surface area contributed by atoms with Crippen LogP contribution in [0.3, 0.4) is 0 Å². The smallest absolute Gasteiger partial charge is 0.314 e. The fourth-order valence-electron chi connectivity index (χ4n) is 2.98. The molecule has 1 aliphatic carbocycles. The highest BCUT2D eigenvalue weighted by Gasteiger charge is 2.31. The number of likely N-dealkylation sites (tertiary alicyclic amines) is 1. The van der Waals surface area contributed by atoms with Crippen LogP contribution in [0.2, 0.25) is 0 Å². The van der Waals surface area contributed by atoms with Crippen LogP contribution in [0.4, 0.5) is 4.79 Å². The quantitative estimate of drug-likeness (QED) is 0.802. The van der Waals surface area contributed by atoms with Crippen LogP contribution in [-0.4, -0.2) is 36.6 Å². The Bertz CT molecular complexity index is 289. The molecule has 0 bridgehead atoms.